The van der Waals surface area contributed by atoms with E-state index in [4.69, 9.17) is 5.26 Å². The van der Waals surface area contributed by atoms with Gasteiger partial charge in [-0.05, 0) is 0 Å². The first-order valence-corrected chi connectivity index (χ1v) is 4.28. The van der Waals surface area contributed by atoms with Gasteiger partial charge in [0.2, 0.25) is 5.88 Å². The molecule has 0 aliphatic rings. The molecule has 102 valence electrons. The summed E-state index contributed by atoms with van der Waals surface area (Å²) in [5.41, 5.74) is -3.93. The molecule has 0 bridgehead atoms. The summed E-state index contributed by atoms with van der Waals surface area (Å²) in [7, 11) is 0. The molecule has 1 aromatic heterocycles. The molecule has 0 fully saturated rings. The lowest BCUT2D eigenvalue weighted by molar-refractivity contribution is -0.385. The Morgan fingerprint density at radius 3 is 2.42 bits per heavy atom. The number of aromatic nitrogens is 1. The standard InChI is InChI=1S/C8H2F5N3O3/c9-6(10)5-3(1-14)4(16(17)18)2-15-7(5)19-8(11,12)13/h2,6H. The summed E-state index contributed by atoms with van der Waals surface area (Å²) in [6.07, 6.45) is -8.68. The van der Waals surface area contributed by atoms with Crippen molar-refractivity contribution in [1.29, 1.82) is 5.26 Å². The summed E-state index contributed by atoms with van der Waals surface area (Å²) in [5.74, 6) is -1.59. The highest BCUT2D eigenvalue weighted by atomic mass is 19.4. The lowest BCUT2D eigenvalue weighted by Gasteiger charge is -2.12. The van der Waals surface area contributed by atoms with Gasteiger partial charge in [-0.3, -0.25) is 10.1 Å². The van der Waals surface area contributed by atoms with Crippen molar-refractivity contribution in [2.75, 3.05) is 0 Å². The Hall–Kier alpha value is -2.51. The number of nitro groups is 1. The van der Waals surface area contributed by atoms with Crippen LogP contribution in [-0.4, -0.2) is 16.3 Å². The molecule has 0 spiro atoms. The topological polar surface area (TPSA) is 89.0 Å². The molecule has 1 heterocycles. The second-order valence-electron chi connectivity index (χ2n) is 2.95. The third-order valence-corrected chi connectivity index (χ3v) is 1.80. The molecule has 0 unspecified atom stereocenters. The van der Waals surface area contributed by atoms with Crippen LogP contribution in [0.25, 0.3) is 0 Å². The lowest BCUT2D eigenvalue weighted by Crippen LogP contribution is -2.19. The average Bonchev–Trinajstić information content (AvgIpc) is 2.25. The molecule has 0 aliphatic carbocycles. The van der Waals surface area contributed by atoms with Crippen LogP contribution in [0.3, 0.4) is 0 Å². The minimum atomic E-state index is -5.32. The van der Waals surface area contributed by atoms with Crippen molar-refractivity contribution in [1.82, 2.24) is 4.98 Å². The highest BCUT2D eigenvalue weighted by molar-refractivity contribution is 5.55. The molecule has 6 nitrogen and oxygen atoms in total. The van der Waals surface area contributed by atoms with E-state index in [0.717, 1.165) is 6.07 Å². The SMILES string of the molecule is N#Cc1c([N+](=O)[O-])cnc(OC(F)(F)F)c1C(F)F. The van der Waals surface area contributed by atoms with Crippen molar-refractivity contribution in [3.05, 3.63) is 27.4 Å². The molecule has 0 amide bonds. The van der Waals surface area contributed by atoms with Gasteiger partial charge in [-0.2, -0.15) is 5.26 Å². The van der Waals surface area contributed by atoms with Crippen molar-refractivity contribution in [3.8, 4) is 11.9 Å². The fourth-order valence-electron chi connectivity index (χ4n) is 1.15. The molecule has 0 aliphatic heterocycles. The second kappa shape index (κ2) is 5.01. The quantitative estimate of drug-likeness (QED) is 0.483. The van der Waals surface area contributed by atoms with Crippen LogP contribution in [0.1, 0.15) is 17.6 Å². The average molecular weight is 283 g/mol. The normalized spacial score (nSPS) is 11.2. The molecular formula is C8H2F5N3O3. The minimum Gasteiger partial charge on any atom is -0.387 e. The summed E-state index contributed by atoms with van der Waals surface area (Å²) in [6, 6.07) is 1.04. The van der Waals surface area contributed by atoms with Gasteiger partial charge >= 0.3 is 12.0 Å². The number of alkyl halides is 5. The van der Waals surface area contributed by atoms with Crippen molar-refractivity contribution in [2.24, 2.45) is 0 Å². The summed E-state index contributed by atoms with van der Waals surface area (Å²) in [5, 5.41) is 19.0. The van der Waals surface area contributed by atoms with Crippen molar-refractivity contribution < 1.29 is 31.6 Å². The minimum absolute atomic E-state index is 0.242. The highest BCUT2D eigenvalue weighted by Gasteiger charge is 2.37. The first-order chi connectivity index (χ1) is 8.67. The molecule has 0 aromatic carbocycles. The highest BCUT2D eigenvalue weighted by Crippen LogP contribution is 2.37. The van der Waals surface area contributed by atoms with E-state index in [1.807, 2.05) is 0 Å². The molecule has 19 heavy (non-hydrogen) atoms. The van der Waals surface area contributed by atoms with E-state index in [1.54, 1.807) is 0 Å². The molecule has 0 N–H and O–H groups in total. The number of nitrogens with zero attached hydrogens (tertiary/aromatic N) is 3. The Bertz CT molecular complexity index is 552. The summed E-state index contributed by atoms with van der Waals surface area (Å²) in [4.78, 5) is 12.0. The fraction of sp³-hybridized carbons (Fsp3) is 0.250. The molecule has 11 heteroatoms. The smallest absolute Gasteiger partial charge is 0.387 e. The van der Waals surface area contributed by atoms with Crippen LogP contribution in [0.2, 0.25) is 0 Å². The number of hydrogen-bond acceptors (Lipinski definition) is 5. The maximum absolute atomic E-state index is 12.6. The van der Waals surface area contributed by atoms with Crippen LogP contribution < -0.4 is 4.74 Å². The zero-order valence-electron chi connectivity index (χ0n) is 8.61. The Morgan fingerprint density at radius 1 is 1.47 bits per heavy atom. The van der Waals surface area contributed by atoms with Gasteiger partial charge < -0.3 is 4.74 Å². The monoisotopic (exact) mass is 283 g/mol. The van der Waals surface area contributed by atoms with Gasteiger partial charge in [0.05, 0.1) is 4.92 Å². The summed E-state index contributed by atoms with van der Waals surface area (Å²) in [6.45, 7) is 0. The van der Waals surface area contributed by atoms with Gasteiger partial charge in [-0.25, -0.2) is 13.8 Å². The number of ether oxygens (including phenoxy) is 1. The molecular weight excluding hydrogens is 281 g/mol. The number of nitriles is 1. The molecule has 0 atom stereocenters. The largest absolute Gasteiger partial charge is 0.574 e. The Kier molecular flexibility index (Phi) is 3.83. The Balaban J connectivity index is 3.52. The number of rotatable bonds is 3. The third-order valence-electron chi connectivity index (χ3n) is 1.80. The van der Waals surface area contributed by atoms with Gasteiger partial charge in [0.1, 0.15) is 23.4 Å². The maximum atomic E-state index is 12.6. The van der Waals surface area contributed by atoms with Gasteiger partial charge in [-0.1, -0.05) is 0 Å². The summed E-state index contributed by atoms with van der Waals surface area (Å²) < 4.78 is 64.3. The predicted molar refractivity (Wildman–Crippen MR) is 47.2 cm³/mol. The number of hydrogen-bond donors (Lipinski definition) is 0. The van der Waals surface area contributed by atoms with E-state index < -0.39 is 40.4 Å². The van der Waals surface area contributed by atoms with Crippen molar-refractivity contribution in [2.45, 2.75) is 12.8 Å². The van der Waals surface area contributed by atoms with Gasteiger partial charge in [0.15, 0.2) is 0 Å². The van der Waals surface area contributed by atoms with Crippen LogP contribution in [0.5, 0.6) is 5.88 Å². The van der Waals surface area contributed by atoms with E-state index >= 15 is 0 Å². The predicted octanol–water partition coefficient (Wildman–Crippen LogP) is 2.70. The third kappa shape index (κ3) is 3.24. The molecule has 0 saturated carbocycles. The number of halogens is 5. The van der Waals surface area contributed by atoms with Gasteiger partial charge in [0.25, 0.3) is 6.43 Å². The van der Waals surface area contributed by atoms with Gasteiger partial charge in [0, 0.05) is 0 Å². The van der Waals surface area contributed by atoms with Crippen molar-refractivity contribution in [3.63, 3.8) is 0 Å². The Morgan fingerprint density at radius 2 is 2.05 bits per heavy atom. The second-order valence-corrected chi connectivity index (χ2v) is 2.95. The van der Waals surface area contributed by atoms with Gasteiger partial charge in [-0.15, -0.1) is 13.2 Å². The van der Waals surface area contributed by atoms with Crippen molar-refractivity contribution >= 4 is 5.69 Å². The molecule has 0 radical (unpaired) electrons. The van der Waals surface area contributed by atoms with E-state index in [0.29, 0.717) is 0 Å². The summed E-state index contributed by atoms with van der Waals surface area (Å²) >= 11 is 0. The van der Waals surface area contributed by atoms with Crippen LogP contribution in [0, 0.1) is 21.4 Å². The van der Waals surface area contributed by atoms with Crippen LogP contribution >= 0.6 is 0 Å². The van der Waals surface area contributed by atoms with E-state index in [2.05, 4.69) is 9.72 Å². The van der Waals surface area contributed by atoms with E-state index in [1.165, 1.54) is 0 Å². The zero-order valence-corrected chi connectivity index (χ0v) is 8.61. The molecule has 0 saturated heterocycles. The first-order valence-electron chi connectivity index (χ1n) is 4.28. The number of pyridine rings is 1. The molecule has 1 aromatic rings. The Labute approximate surface area is 101 Å². The fourth-order valence-corrected chi connectivity index (χ4v) is 1.15. The molecule has 1 rings (SSSR count). The van der Waals surface area contributed by atoms with Crippen LogP contribution in [-0.2, 0) is 0 Å². The zero-order chi connectivity index (χ0) is 14.8. The van der Waals surface area contributed by atoms with Crippen LogP contribution in [0.15, 0.2) is 6.20 Å². The van der Waals surface area contributed by atoms with Crippen LogP contribution in [0.4, 0.5) is 27.6 Å². The van der Waals surface area contributed by atoms with E-state index in [9.17, 15) is 32.1 Å². The van der Waals surface area contributed by atoms with E-state index in [-0.39, 0.29) is 6.20 Å². The lowest BCUT2D eigenvalue weighted by atomic mass is 10.1. The maximum Gasteiger partial charge on any atom is 0.574 e. The first kappa shape index (κ1) is 14.6.